The first kappa shape index (κ1) is 17.2. The molecule has 0 atom stereocenters. The summed E-state index contributed by atoms with van der Waals surface area (Å²) in [4.78, 5) is 36.8. The lowest BCUT2D eigenvalue weighted by Gasteiger charge is -2.44. The molecule has 0 aliphatic heterocycles. The number of amides is 1. The van der Waals surface area contributed by atoms with E-state index in [1.807, 2.05) is 0 Å². The van der Waals surface area contributed by atoms with Crippen LogP contribution in [0.4, 0.5) is 0 Å². The van der Waals surface area contributed by atoms with Gasteiger partial charge in [0.15, 0.2) is 0 Å². The Hall–Kier alpha value is -1.85. The molecule has 0 radical (unpaired) electrons. The fourth-order valence-corrected chi connectivity index (χ4v) is 2.02. The molecule has 0 aliphatic carbocycles. The zero-order valence-corrected chi connectivity index (χ0v) is 12.3. The van der Waals surface area contributed by atoms with E-state index in [1.54, 1.807) is 0 Å². The second-order valence-electron chi connectivity index (χ2n) is 4.98. The highest BCUT2D eigenvalue weighted by Gasteiger charge is 2.49. The highest BCUT2D eigenvalue weighted by Crippen LogP contribution is 2.28. The Bertz CT molecular complexity index is 370. The lowest BCUT2D eigenvalue weighted by Crippen LogP contribution is -2.64. The minimum atomic E-state index is -1.34. The van der Waals surface area contributed by atoms with Crippen molar-refractivity contribution in [2.45, 2.75) is 38.8 Å². The molecule has 0 spiro atoms. The molecule has 0 aliphatic rings. The Labute approximate surface area is 113 Å². The van der Waals surface area contributed by atoms with Gasteiger partial charge in [0, 0.05) is 0 Å². The van der Waals surface area contributed by atoms with E-state index in [4.69, 9.17) is 0 Å². The molecule has 0 saturated heterocycles. The maximum Gasteiger partial charge on any atom is 0.331 e. The van der Waals surface area contributed by atoms with Gasteiger partial charge in [0.2, 0.25) is 5.91 Å². The molecule has 0 aromatic carbocycles. The minimum Gasteiger partial charge on any atom is -0.467 e. The number of carbonyl (C=O) groups excluding carboxylic acids is 3. The number of nitrogens with zero attached hydrogens (tertiary/aromatic N) is 1. The third-order valence-corrected chi connectivity index (χ3v) is 2.88. The summed E-state index contributed by atoms with van der Waals surface area (Å²) < 4.78 is 9.36. The molecule has 0 bridgehead atoms. The number of hydrogen-bond acceptors (Lipinski definition) is 5. The molecule has 0 unspecified atom stereocenters. The number of esters is 2. The SMILES string of the molecule is C=CC(=O)N(C(C)(C)C(=O)OC)C(C)(C)C(=O)OC. The molecule has 0 aromatic rings. The Morgan fingerprint density at radius 3 is 1.47 bits per heavy atom. The Kier molecular flexibility index (Phi) is 5.29. The molecule has 19 heavy (non-hydrogen) atoms. The van der Waals surface area contributed by atoms with Crippen LogP contribution in [0.15, 0.2) is 12.7 Å². The average Bonchev–Trinajstić information content (AvgIpc) is 2.35. The Balaban J connectivity index is 5.85. The number of methoxy groups -OCH3 is 2. The fraction of sp³-hybridized carbons (Fsp3) is 0.615. The number of rotatable bonds is 5. The second-order valence-corrected chi connectivity index (χ2v) is 4.98. The van der Waals surface area contributed by atoms with Gasteiger partial charge in [-0.2, -0.15) is 0 Å². The van der Waals surface area contributed by atoms with Crippen molar-refractivity contribution in [1.82, 2.24) is 4.90 Å². The van der Waals surface area contributed by atoms with E-state index in [0.717, 1.165) is 11.0 Å². The summed E-state index contributed by atoms with van der Waals surface area (Å²) in [5, 5.41) is 0. The molecular formula is C13H21NO5. The largest absolute Gasteiger partial charge is 0.467 e. The predicted molar refractivity (Wildman–Crippen MR) is 69.2 cm³/mol. The van der Waals surface area contributed by atoms with Gasteiger partial charge < -0.3 is 14.4 Å². The molecule has 6 heteroatoms. The molecule has 0 rings (SSSR count). The summed E-state index contributed by atoms with van der Waals surface area (Å²) in [6, 6.07) is 0. The van der Waals surface area contributed by atoms with Crippen molar-refractivity contribution in [3.63, 3.8) is 0 Å². The van der Waals surface area contributed by atoms with E-state index in [-0.39, 0.29) is 0 Å². The molecular weight excluding hydrogens is 250 g/mol. The van der Waals surface area contributed by atoms with Gasteiger partial charge in [0.1, 0.15) is 11.1 Å². The first-order valence-electron chi connectivity index (χ1n) is 5.70. The lowest BCUT2D eigenvalue weighted by molar-refractivity contribution is -0.173. The zero-order valence-electron chi connectivity index (χ0n) is 12.3. The van der Waals surface area contributed by atoms with E-state index >= 15 is 0 Å². The zero-order chi connectivity index (χ0) is 15.4. The standard InChI is InChI=1S/C13H21NO5/c1-8-9(15)14(12(2,3)10(16)18-6)13(4,5)11(17)19-7/h8H,1H2,2-7H3. The first-order chi connectivity index (χ1) is 8.57. The van der Waals surface area contributed by atoms with Crippen molar-refractivity contribution in [3.8, 4) is 0 Å². The van der Waals surface area contributed by atoms with Crippen LogP contribution in [0.5, 0.6) is 0 Å². The Morgan fingerprint density at radius 1 is 0.947 bits per heavy atom. The highest BCUT2D eigenvalue weighted by atomic mass is 16.5. The molecule has 108 valence electrons. The number of ether oxygens (including phenoxy) is 2. The molecule has 0 aromatic heterocycles. The van der Waals surface area contributed by atoms with Crippen molar-refractivity contribution >= 4 is 17.8 Å². The fourth-order valence-electron chi connectivity index (χ4n) is 2.02. The van der Waals surface area contributed by atoms with Gasteiger partial charge in [0.25, 0.3) is 0 Å². The molecule has 0 heterocycles. The maximum atomic E-state index is 12.0. The molecule has 1 amide bonds. The van der Waals surface area contributed by atoms with E-state index in [0.29, 0.717) is 0 Å². The quantitative estimate of drug-likeness (QED) is 0.549. The summed E-state index contributed by atoms with van der Waals surface area (Å²) in [5.41, 5.74) is -2.67. The van der Waals surface area contributed by atoms with Crippen LogP contribution in [0.25, 0.3) is 0 Å². The van der Waals surface area contributed by atoms with Crippen molar-refractivity contribution in [2.75, 3.05) is 14.2 Å². The van der Waals surface area contributed by atoms with Crippen LogP contribution < -0.4 is 0 Å². The average molecular weight is 271 g/mol. The van der Waals surface area contributed by atoms with E-state index < -0.39 is 28.9 Å². The molecule has 6 nitrogen and oxygen atoms in total. The minimum absolute atomic E-state index is 0.564. The van der Waals surface area contributed by atoms with Gasteiger partial charge >= 0.3 is 11.9 Å². The third kappa shape index (κ3) is 3.13. The first-order valence-corrected chi connectivity index (χ1v) is 5.70. The number of carbonyl (C=O) groups is 3. The molecule has 0 fully saturated rings. The van der Waals surface area contributed by atoms with Crippen molar-refractivity contribution in [2.24, 2.45) is 0 Å². The highest BCUT2D eigenvalue weighted by molar-refractivity contribution is 5.97. The van der Waals surface area contributed by atoms with Crippen LogP contribution in [0.1, 0.15) is 27.7 Å². The number of hydrogen-bond donors (Lipinski definition) is 0. The summed E-state index contributed by atoms with van der Waals surface area (Å²) >= 11 is 0. The van der Waals surface area contributed by atoms with Crippen molar-refractivity contribution in [3.05, 3.63) is 12.7 Å². The van der Waals surface area contributed by atoms with Gasteiger partial charge in [-0.3, -0.25) is 4.79 Å². The smallest absolute Gasteiger partial charge is 0.331 e. The maximum absolute atomic E-state index is 12.0. The topological polar surface area (TPSA) is 72.9 Å². The van der Waals surface area contributed by atoms with Crippen LogP contribution in [0.3, 0.4) is 0 Å². The van der Waals surface area contributed by atoms with Gasteiger partial charge in [-0.25, -0.2) is 9.59 Å². The van der Waals surface area contributed by atoms with Crippen LogP contribution in [-0.2, 0) is 23.9 Å². The van der Waals surface area contributed by atoms with Gasteiger partial charge in [0.05, 0.1) is 14.2 Å². The van der Waals surface area contributed by atoms with Crippen LogP contribution in [-0.4, -0.2) is 48.0 Å². The third-order valence-electron chi connectivity index (χ3n) is 2.88. The normalized spacial score (nSPS) is 11.5. The molecule has 0 N–H and O–H groups in total. The summed E-state index contributed by atoms with van der Waals surface area (Å²) in [6.07, 6.45) is 1.04. The van der Waals surface area contributed by atoms with Crippen LogP contribution in [0, 0.1) is 0 Å². The predicted octanol–water partition coefficient (Wildman–Crippen LogP) is 0.904. The van der Waals surface area contributed by atoms with Crippen molar-refractivity contribution < 1.29 is 23.9 Å². The van der Waals surface area contributed by atoms with Crippen LogP contribution >= 0.6 is 0 Å². The van der Waals surface area contributed by atoms with E-state index in [2.05, 4.69) is 16.1 Å². The lowest BCUT2D eigenvalue weighted by atomic mass is 9.92. The summed E-state index contributed by atoms with van der Waals surface area (Å²) in [5.74, 6) is -1.84. The van der Waals surface area contributed by atoms with Crippen molar-refractivity contribution in [1.29, 1.82) is 0 Å². The van der Waals surface area contributed by atoms with E-state index in [1.165, 1.54) is 41.9 Å². The summed E-state index contributed by atoms with van der Waals surface area (Å²) in [7, 11) is 2.43. The van der Waals surface area contributed by atoms with Gasteiger partial charge in [-0.15, -0.1) is 0 Å². The van der Waals surface area contributed by atoms with Crippen LogP contribution in [0.2, 0.25) is 0 Å². The van der Waals surface area contributed by atoms with E-state index in [9.17, 15) is 14.4 Å². The Morgan fingerprint density at radius 2 is 1.26 bits per heavy atom. The van der Waals surface area contributed by atoms with Gasteiger partial charge in [-0.05, 0) is 33.8 Å². The second kappa shape index (κ2) is 5.86. The van der Waals surface area contributed by atoms with Gasteiger partial charge in [-0.1, -0.05) is 6.58 Å². The summed E-state index contributed by atoms with van der Waals surface area (Å²) in [6.45, 7) is 9.35. The monoisotopic (exact) mass is 271 g/mol. The molecule has 0 saturated carbocycles.